The third-order valence-corrected chi connectivity index (χ3v) is 5.64. The summed E-state index contributed by atoms with van der Waals surface area (Å²) >= 11 is 0. The summed E-state index contributed by atoms with van der Waals surface area (Å²) in [4.78, 5) is 14.4. The molecule has 180 valence electrons. The van der Waals surface area contributed by atoms with Gasteiger partial charge in [-0.15, -0.1) is 0 Å². The molecule has 0 bridgehead atoms. The van der Waals surface area contributed by atoms with Crippen molar-refractivity contribution in [2.75, 3.05) is 18.6 Å². The van der Waals surface area contributed by atoms with Crippen LogP contribution >= 0.6 is 0 Å². The van der Waals surface area contributed by atoms with Crippen LogP contribution in [0.25, 0.3) is 0 Å². The molecule has 0 unspecified atom stereocenters. The van der Waals surface area contributed by atoms with Crippen LogP contribution in [-0.4, -0.2) is 38.4 Å². The maximum atomic E-state index is 12.9. The molecule has 0 saturated heterocycles. The number of nitriles is 1. The third-order valence-electron chi connectivity index (χ3n) is 5.64. The van der Waals surface area contributed by atoms with Gasteiger partial charge in [0.25, 0.3) is 12.3 Å². The molecule has 0 atom stereocenters. The number of nitrogens with zero attached hydrogens (tertiary/aromatic N) is 2. The minimum absolute atomic E-state index is 0.0339. The van der Waals surface area contributed by atoms with Gasteiger partial charge in [0.2, 0.25) is 0 Å². The maximum absolute atomic E-state index is 12.9. The Hall–Kier alpha value is -3.67. The molecule has 0 aromatic heterocycles. The highest BCUT2D eigenvalue weighted by Crippen LogP contribution is 2.39. The van der Waals surface area contributed by atoms with E-state index in [-0.39, 0.29) is 23.1 Å². The number of ether oxygens (including phenoxy) is 2. The number of hydrogen-bond acceptors (Lipinski definition) is 5. The second kappa shape index (κ2) is 10.1. The molecule has 1 aliphatic carbocycles. The number of methoxy groups -OCH3 is 1. The van der Waals surface area contributed by atoms with E-state index in [2.05, 4.69) is 11.4 Å². The smallest absolute Gasteiger partial charge is 0.272 e. The van der Waals surface area contributed by atoms with Gasteiger partial charge in [-0.1, -0.05) is 12.1 Å². The van der Waals surface area contributed by atoms with E-state index in [9.17, 15) is 18.8 Å². The lowest BCUT2D eigenvalue weighted by atomic mass is 9.85. The first kappa shape index (κ1) is 25.0. The lowest BCUT2D eigenvalue weighted by Crippen LogP contribution is -2.27. The largest absolute Gasteiger partial charge is 0.496 e. The topological polar surface area (TPSA) is 98.4 Å². The van der Waals surface area contributed by atoms with Crippen molar-refractivity contribution in [3.63, 3.8) is 0 Å². The summed E-state index contributed by atoms with van der Waals surface area (Å²) in [7, 11) is 1.38. The predicted molar refractivity (Wildman–Crippen MR) is 126 cm³/mol. The van der Waals surface area contributed by atoms with Gasteiger partial charge in [-0.25, -0.2) is 8.78 Å². The Balaban J connectivity index is 2.08. The van der Waals surface area contributed by atoms with E-state index in [0.29, 0.717) is 11.4 Å². The average molecular weight is 471 g/mol. The molecule has 7 nitrogen and oxygen atoms in total. The molecule has 0 aliphatic heterocycles. The Kier molecular flexibility index (Phi) is 7.40. The number of aryl methyl sites for hydroxylation is 1. The number of alkyl halides is 2. The van der Waals surface area contributed by atoms with E-state index in [1.165, 1.54) is 18.1 Å². The summed E-state index contributed by atoms with van der Waals surface area (Å²) in [5.41, 5.74) is 2.01. The number of amides is 1. The molecule has 2 aromatic carbocycles. The molecule has 2 aromatic rings. The highest BCUT2D eigenvalue weighted by Gasteiger charge is 2.29. The summed E-state index contributed by atoms with van der Waals surface area (Å²) in [5.74, 6) is -0.373. The Morgan fingerprint density at radius 1 is 1.32 bits per heavy atom. The second-order valence-electron chi connectivity index (χ2n) is 8.71. The molecule has 9 heteroatoms. The number of benzene rings is 2. The van der Waals surface area contributed by atoms with Gasteiger partial charge in [0.1, 0.15) is 23.7 Å². The van der Waals surface area contributed by atoms with Crippen LogP contribution in [0.2, 0.25) is 0 Å². The zero-order valence-corrected chi connectivity index (χ0v) is 19.6. The highest BCUT2D eigenvalue weighted by atomic mass is 19.3. The highest BCUT2D eigenvalue weighted by molar-refractivity contribution is 6.02. The molecule has 1 aliphatic rings. The molecule has 1 amide bonds. The second-order valence-corrected chi connectivity index (χ2v) is 8.71. The van der Waals surface area contributed by atoms with Gasteiger partial charge in [0, 0.05) is 23.9 Å². The summed E-state index contributed by atoms with van der Waals surface area (Å²) in [6.45, 7) is 4.60. The van der Waals surface area contributed by atoms with E-state index < -0.39 is 24.4 Å². The zero-order valence-electron chi connectivity index (χ0n) is 19.6. The molecular formula is C25H28F2N4O3. The van der Waals surface area contributed by atoms with E-state index in [4.69, 9.17) is 14.9 Å². The fraction of sp³-hybridized carbons (Fsp3) is 0.400. The zero-order chi connectivity index (χ0) is 25.0. The first-order chi connectivity index (χ1) is 16.1. The third kappa shape index (κ3) is 5.45. The van der Waals surface area contributed by atoms with Crippen LogP contribution in [0.3, 0.4) is 0 Å². The standard InChI is InChI=1S/C25H28F2N4O3/c1-15-9-16(25(2,3)13-28)5-8-19(15)31(14-29)18-10-20(33-4)23(24(32)30-17-6-7-17)21(11-18)34-12-22(26)27/h5,8-11,14,17,22,29H,6-7,12H2,1-4H3,(H,30,32). The van der Waals surface area contributed by atoms with E-state index in [0.717, 1.165) is 30.3 Å². The Labute approximate surface area is 197 Å². The monoisotopic (exact) mass is 470 g/mol. The molecule has 1 saturated carbocycles. The fourth-order valence-electron chi connectivity index (χ4n) is 3.51. The van der Waals surface area contributed by atoms with Crippen LogP contribution in [0.1, 0.15) is 48.2 Å². The summed E-state index contributed by atoms with van der Waals surface area (Å²) in [6, 6.07) is 10.8. The van der Waals surface area contributed by atoms with Crippen molar-refractivity contribution in [1.29, 1.82) is 10.7 Å². The number of anilines is 2. The molecule has 34 heavy (non-hydrogen) atoms. The van der Waals surface area contributed by atoms with Crippen LogP contribution in [0, 0.1) is 23.7 Å². The first-order valence-corrected chi connectivity index (χ1v) is 10.9. The molecule has 0 heterocycles. The minimum Gasteiger partial charge on any atom is -0.496 e. The normalized spacial score (nSPS) is 13.2. The van der Waals surface area contributed by atoms with Gasteiger partial charge in [0.05, 0.1) is 30.6 Å². The van der Waals surface area contributed by atoms with Crippen molar-refractivity contribution in [3.8, 4) is 17.6 Å². The Morgan fingerprint density at radius 3 is 2.53 bits per heavy atom. The molecular weight excluding hydrogens is 442 g/mol. The van der Waals surface area contributed by atoms with Crippen LogP contribution in [0.5, 0.6) is 11.5 Å². The van der Waals surface area contributed by atoms with E-state index in [1.54, 1.807) is 12.1 Å². The predicted octanol–water partition coefficient (Wildman–Crippen LogP) is 5.09. The summed E-state index contributed by atoms with van der Waals surface area (Å²) in [6.07, 6.45) is 0.0659. The van der Waals surface area contributed by atoms with Gasteiger partial charge in [-0.05, 0) is 50.8 Å². The number of carbonyl (C=O) groups is 1. The van der Waals surface area contributed by atoms with Gasteiger partial charge in [-0.2, -0.15) is 5.26 Å². The molecule has 3 rings (SSSR count). The van der Waals surface area contributed by atoms with Crippen molar-refractivity contribution < 1.29 is 23.0 Å². The van der Waals surface area contributed by atoms with Gasteiger partial charge >= 0.3 is 0 Å². The molecule has 0 radical (unpaired) electrons. The van der Waals surface area contributed by atoms with Crippen molar-refractivity contribution in [3.05, 3.63) is 47.0 Å². The van der Waals surface area contributed by atoms with Crippen LogP contribution in [-0.2, 0) is 5.41 Å². The quantitative estimate of drug-likeness (QED) is 0.372. The van der Waals surface area contributed by atoms with E-state index >= 15 is 0 Å². The van der Waals surface area contributed by atoms with Crippen molar-refractivity contribution >= 4 is 23.6 Å². The molecule has 0 spiro atoms. The number of hydrogen-bond donors (Lipinski definition) is 2. The summed E-state index contributed by atoms with van der Waals surface area (Å²) in [5, 5.41) is 20.3. The minimum atomic E-state index is -2.73. The van der Waals surface area contributed by atoms with Gasteiger partial charge in [-0.3, -0.25) is 10.2 Å². The van der Waals surface area contributed by atoms with E-state index in [1.807, 2.05) is 32.9 Å². The average Bonchev–Trinajstić information content (AvgIpc) is 3.62. The molecule has 2 N–H and O–H groups in total. The van der Waals surface area contributed by atoms with Gasteiger partial charge in [0.15, 0.2) is 0 Å². The summed E-state index contributed by atoms with van der Waals surface area (Å²) < 4.78 is 36.6. The van der Waals surface area contributed by atoms with Crippen LogP contribution in [0.15, 0.2) is 30.3 Å². The van der Waals surface area contributed by atoms with Crippen molar-refractivity contribution in [2.45, 2.75) is 51.5 Å². The van der Waals surface area contributed by atoms with Crippen molar-refractivity contribution in [2.24, 2.45) is 0 Å². The lowest BCUT2D eigenvalue weighted by molar-refractivity contribution is 0.0792. The fourth-order valence-corrected chi connectivity index (χ4v) is 3.51. The number of rotatable bonds is 10. The van der Waals surface area contributed by atoms with Crippen LogP contribution < -0.4 is 19.7 Å². The first-order valence-electron chi connectivity index (χ1n) is 10.9. The Morgan fingerprint density at radius 2 is 2.00 bits per heavy atom. The number of halogens is 2. The van der Waals surface area contributed by atoms with Crippen molar-refractivity contribution in [1.82, 2.24) is 5.32 Å². The SMILES string of the molecule is COc1cc(N(C=N)c2ccc(C(C)(C)C#N)cc2C)cc(OCC(F)F)c1C(=O)NC1CC1. The maximum Gasteiger partial charge on any atom is 0.272 e. The van der Waals surface area contributed by atoms with Crippen LogP contribution in [0.4, 0.5) is 20.2 Å². The molecule has 1 fully saturated rings. The van der Waals surface area contributed by atoms with Gasteiger partial charge < -0.3 is 19.7 Å². The number of carbonyl (C=O) groups excluding carboxylic acids is 1. The Bertz CT molecular complexity index is 1120. The lowest BCUT2D eigenvalue weighted by Gasteiger charge is -2.25. The number of nitrogens with one attached hydrogen (secondary N) is 2.